The minimum atomic E-state index is -0.912. The molecule has 0 spiro atoms. The first-order chi connectivity index (χ1) is 15.8. The third kappa shape index (κ3) is 5.52. The lowest BCUT2D eigenvalue weighted by atomic mass is 9.57. The molecule has 1 unspecified atom stereocenters. The molecular weight excluding hydrogens is 412 g/mol. The van der Waals surface area contributed by atoms with Gasteiger partial charge in [-0.1, -0.05) is 50.3 Å². The van der Waals surface area contributed by atoms with E-state index in [1.807, 2.05) is 13.3 Å². The Kier molecular flexibility index (Phi) is 7.62. The molecule has 6 atom stereocenters. The lowest BCUT2D eigenvalue weighted by molar-refractivity contribution is -0.148. The van der Waals surface area contributed by atoms with Crippen molar-refractivity contribution in [1.29, 1.82) is 0 Å². The molecule has 1 radical (unpaired) electrons. The number of rotatable bonds is 6. The standard InChI is InChI=1S/C28H41N2O3/c1-20-16-26-25(11-10-22(3)28(26,32)17-27(20)33-23(4)31)21(2)18-29-12-14-30(15-13-29)19-24-8-6-5-7-9-24/h5-9,16-17,21-22,25-27,32H,10-15,18-19H2,1-4H3/t21?,22-,25+,26-,27-,28-/m1/s1. The molecule has 5 heteroatoms. The Balaban J connectivity index is 1.37. The van der Waals surface area contributed by atoms with Crippen LogP contribution in [0.5, 0.6) is 0 Å². The van der Waals surface area contributed by atoms with Crippen molar-refractivity contribution in [3.63, 3.8) is 0 Å². The van der Waals surface area contributed by atoms with Gasteiger partial charge in [-0.05, 0) is 48.7 Å². The quantitative estimate of drug-likeness (QED) is 0.523. The third-order valence-electron chi connectivity index (χ3n) is 8.31. The molecular formula is C28H41N2O3. The summed E-state index contributed by atoms with van der Waals surface area (Å²) in [6.45, 7) is 14.5. The van der Waals surface area contributed by atoms with Gasteiger partial charge in [0.05, 0.1) is 5.60 Å². The van der Waals surface area contributed by atoms with Crippen molar-refractivity contribution in [2.24, 2.45) is 23.7 Å². The lowest BCUT2D eigenvalue weighted by Crippen LogP contribution is -2.57. The van der Waals surface area contributed by atoms with Gasteiger partial charge in [-0.2, -0.15) is 0 Å². The average Bonchev–Trinajstić information content (AvgIpc) is 2.78. The van der Waals surface area contributed by atoms with Crippen molar-refractivity contribution in [3.05, 3.63) is 54.0 Å². The monoisotopic (exact) mass is 453 g/mol. The molecule has 1 aromatic carbocycles. The topological polar surface area (TPSA) is 53.0 Å². The van der Waals surface area contributed by atoms with Gasteiger partial charge in [0, 0.05) is 58.5 Å². The summed E-state index contributed by atoms with van der Waals surface area (Å²) in [6, 6.07) is 10.7. The number of hydrogen-bond acceptors (Lipinski definition) is 5. The number of aliphatic hydroxyl groups is 1. The Morgan fingerprint density at radius 3 is 2.48 bits per heavy atom. The molecule has 0 bridgehead atoms. The molecule has 2 fully saturated rings. The van der Waals surface area contributed by atoms with Crippen LogP contribution in [0.1, 0.15) is 46.1 Å². The number of nitrogens with zero attached hydrogens (tertiary/aromatic N) is 2. The highest BCUT2D eigenvalue weighted by atomic mass is 16.5. The minimum Gasteiger partial charge on any atom is -0.458 e. The zero-order valence-electron chi connectivity index (χ0n) is 20.7. The van der Waals surface area contributed by atoms with Gasteiger partial charge in [0.2, 0.25) is 0 Å². The van der Waals surface area contributed by atoms with Gasteiger partial charge in [0.25, 0.3) is 0 Å². The van der Waals surface area contributed by atoms with Crippen LogP contribution in [0, 0.1) is 30.1 Å². The van der Waals surface area contributed by atoms with Crippen LogP contribution in [0.4, 0.5) is 0 Å². The molecule has 5 nitrogen and oxygen atoms in total. The number of fused-ring (bicyclic) bond motifs is 1. The van der Waals surface area contributed by atoms with E-state index >= 15 is 0 Å². The van der Waals surface area contributed by atoms with Crippen molar-refractivity contribution < 1.29 is 14.6 Å². The maximum absolute atomic E-state index is 11.7. The molecule has 1 aliphatic heterocycles. The number of piperazine rings is 1. The van der Waals surface area contributed by atoms with Gasteiger partial charge in [-0.3, -0.25) is 9.69 Å². The van der Waals surface area contributed by atoms with E-state index in [2.05, 4.69) is 60.1 Å². The highest BCUT2D eigenvalue weighted by Crippen LogP contribution is 2.50. The summed E-state index contributed by atoms with van der Waals surface area (Å²) in [5.74, 6) is 0.874. The molecule has 0 aromatic heterocycles. The fourth-order valence-corrected chi connectivity index (χ4v) is 6.27. The van der Waals surface area contributed by atoms with Crippen molar-refractivity contribution in [2.45, 2.75) is 58.8 Å². The van der Waals surface area contributed by atoms with Crippen molar-refractivity contribution in [2.75, 3.05) is 32.7 Å². The molecule has 1 saturated carbocycles. The molecule has 181 valence electrons. The lowest BCUT2D eigenvalue weighted by Gasteiger charge is -2.53. The molecule has 4 rings (SSSR count). The first kappa shape index (κ1) is 24.4. The number of ether oxygens (including phenoxy) is 1. The molecule has 33 heavy (non-hydrogen) atoms. The fourth-order valence-electron chi connectivity index (χ4n) is 6.27. The molecule has 3 aliphatic rings. The smallest absolute Gasteiger partial charge is 0.303 e. The van der Waals surface area contributed by atoms with Crippen molar-refractivity contribution >= 4 is 5.97 Å². The Labute approximate surface area is 199 Å². The zero-order chi connectivity index (χ0) is 23.6. The Morgan fingerprint density at radius 1 is 1.15 bits per heavy atom. The van der Waals surface area contributed by atoms with Gasteiger partial charge < -0.3 is 14.7 Å². The van der Waals surface area contributed by atoms with Gasteiger partial charge in [0.15, 0.2) is 0 Å². The average molecular weight is 454 g/mol. The number of carbonyl (C=O) groups excluding carboxylic acids is 1. The van der Waals surface area contributed by atoms with E-state index in [0.29, 0.717) is 11.8 Å². The summed E-state index contributed by atoms with van der Waals surface area (Å²) in [5, 5.41) is 11.7. The van der Waals surface area contributed by atoms with E-state index in [1.54, 1.807) is 0 Å². The minimum absolute atomic E-state index is 0.0856. The number of carbonyl (C=O) groups is 1. The predicted molar refractivity (Wildman–Crippen MR) is 131 cm³/mol. The largest absolute Gasteiger partial charge is 0.458 e. The maximum atomic E-state index is 11.7. The van der Waals surface area contributed by atoms with E-state index in [1.165, 1.54) is 12.5 Å². The summed E-state index contributed by atoms with van der Waals surface area (Å²) < 4.78 is 5.50. The van der Waals surface area contributed by atoms with Crippen molar-refractivity contribution in [1.82, 2.24) is 9.80 Å². The van der Waals surface area contributed by atoms with Crippen LogP contribution >= 0.6 is 0 Å². The van der Waals surface area contributed by atoms with Crippen LogP contribution < -0.4 is 0 Å². The summed E-state index contributed by atoms with van der Waals surface area (Å²) in [4.78, 5) is 16.7. The molecule has 2 aliphatic carbocycles. The van der Waals surface area contributed by atoms with Crippen LogP contribution in [0.2, 0.25) is 0 Å². The van der Waals surface area contributed by atoms with Crippen LogP contribution in [0.3, 0.4) is 0 Å². The van der Waals surface area contributed by atoms with Crippen LogP contribution in [0.15, 0.2) is 42.0 Å². The van der Waals surface area contributed by atoms with E-state index in [0.717, 1.165) is 57.7 Å². The number of esters is 1. The Hall–Kier alpha value is -1.69. The van der Waals surface area contributed by atoms with Crippen LogP contribution in [-0.4, -0.2) is 65.3 Å². The molecule has 1 saturated heterocycles. The SMILES string of the molecule is CC(=O)O[C@@H]1[CH][C@@]2(O)[C@H](C)CC[C@@H](C(C)CN3CCN(Cc4ccccc4)CC3)[C@H]2C=C1C. The maximum Gasteiger partial charge on any atom is 0.303 e. The first-order valence-electron chi connectivity index (χ1n) is 12.7. The van der Waals surface area contributed by atoms with E-state index in [4.69, 9.17) is 4.74 Å². The fraction of sp³-hybridized carbons (Fsp3) is 0.643. The highest BCUT2D eigenvalue weighted by molar-refractivity contribution is 5.66. The molecule has 1 N–H and O–H groups in total. The van der Waals surface area contributed by atoms with Crippen molar-refractivity contribution in [3.8, 4) is 0 Å². The summed E-state index contributed by atoms with van der Waals surface area (Å²) in [5.41, 5.74) is 1.52. The molecule has 1 aromatic rings. The zero-order valence-corrected chi connectivity index (χ0v) is 20.7. The van der Waals surface area contributed by atoms with Crippen LogP contribution in [-0.2, 0) is 16.1 Å². The highest BCUT2D eigenvalue weighted by Gasteiger charge is 2.53. The molecule has 1 heterocycles. The normalized spacial score (nSPS) is 34.3. The van der Waals surface area contributed by atoms with E-state index in [9.17, 15) is 9.90 Å². The first-order valence-corrected chi connectivity index (χ1v) is 12.7. The second-order valence-corrected chi connectivity index (χ2v) is 10.7. The van der Waals surface area contributed by atoms with Gasteiger partial charge in [-0.15, -0.1) is 0 Å². The number of benzene rings is 1. The van der Waals surface area contributed by atoms with Gasteiger partial charge in [0.1, 0.15) is 6.10 Å². The van der Waals surface area contributed by atoms with E-state index in [-0.39, 0.29) is 17.8 Å². The third-order valence-corrected chi connectivity index (χ3v) is 8.31. The second-order valence-electron chi connectivity index (χ2n) is 10.7. The summed E-state index contributed by atoms with van der Waals surface area (Å²) >= 11 is 0. The summed E-state index contributed by atoms with van der Waals surface area (Å²) in [7, 11) is 0. The van der Waals surface area contributed by atoms with Gasteiger partial charge >= 0.3 is 5.97 Å². The molecule has 0 amide bonds. The predicted octanol–water partition coefficient (Wildman–Crippen LogP) is 3.93. The summed E-state index contributed by atoms with van der Waals surface area (Å²) in [6.07, 6.45) is 5.85. The second kappa shape index (κ2) is 10.3. The van der Waals surface area contributed by atoms with Gasteiger partial charge in [-0.25, -0.2) is 0 Å². The Morgan fingerprint density at radius 2 is 1.82 bits per heavy atom. The number of hydrogen-bond donors (Lipinski definition) is 1. The Bertz CT molecular complexity index is 833. The van der Waals surface area contributed by atoms with E-state index < -0.39 is 11.7 Å². The van der Waals surface area contributed by atoms with Crippen LogP contribution in [0.25, 0.3) is 0 Å².